The van der Waals surface area contributed by atoms with Crippen LogP contribution in [0, 0.1) is 11.8 Å². The number of hydrogen-bond donors (Lipinski definition) is 1. The second-order valence-electron chi connectivity index (χ2n) is 4.84. The lowest BCUT2D eigenvalue weighted by Gasteiger charge is -2.14. The highest BCUT2D eigenvalue weighted by molar-refractivity contribution is 5.37. The Morgan fingerprint density at radius 2 is 2.11 bits per heavy atom. The fourth-order valence-electron chi connectivity index (χ4n) is 2.30. The molecule has 0 unspecified atom stereocenters. The van der Waals surface area contributed by atoms with Crippen LogP contribution >= 0.6 is 0 Å². The lowest BCUT2D eigenvalue weighted by molar-refractivity contribution is 0.331. The molecule has 1 aromatic carbocycles. The van der Waals surface area contributed by atoms with Crippen LogP contribution < -0.4 is 5.32 Å². The summed E-state index contributed by atoms with van der Waals surface area (Å²) in [4.78, 5) is 2.52. The van der Waals surface area contributed by atoms with Crippen molar-refractivity contribution in [2.75, 3.05) is 26.7 Å². The number of hydrogen-bond acceptors (Lipinski definition) is 2. The Kier molecular flexibility index (Phi) is 5.26. The van der Waals surface area contributed by atoms with Crippen LogP contribution in [0.2, 0.25) is 0 Å². The van der Waals surface area contributed by atoms with Crippen molar-refractivity contribution in [1.82, 2.24) is 10.2 Å². The van der Waals surface area contributed by atoms with E-state index in [1.165, 1.54) is 31.5 Å². The standard InChI is InChI=1S/C16H22N2/c1-17-10-3-2-7-15-8-6-9-16(13-15)14-18-11-4-5-12-18/h6,8-9,13,17H,3-5,10-12,14H2,1H3. The summed E-state index contributed by atoms with van der Waals surface area (Å²) >= 11 is 0. The van der Waals surface area contributed by atoms with Gasteiger partial charge in [-0.3, -0.25) is 4.90 Å². The molecule has 0 aliphatic carbocycles. The van der Waals surface area contributed by atoms with Crippen molar-refractivity contribution < 1.29 is 0 Å². The molecule has 0 spiro atoms. The van der Waals surface area contributed by atoms with Gasteiger partial charge in [0.05, 0.1) is 0 Å². The van der Waals surface area contributed by atoms with Crippen LogP contribution in [-0.4, -0.2) is 31.6 Å². The molecule has 2 rings (SSSR count). The van der Waals surface area contributed by atoms with Crippen molar-refractivity contribution in [1.29, 1.82) is 0 Å². The van der Waals surface area contributed by atoms with E-state index in [2.05, 4.69) is 46.3 Å². The molecule has 0 atom stereocenters. The van der Waals surface area contributed by atoms with E-state index in [9.17, 15) is 0 Å². The molecule has 2 heteroatoms. The van der Waals surface area contributed by atoms with E-state index in [1.807, 2.05) is 7.05 Å². The zero-order valence-corrected chi connectivity index (χ0v) is 11.2. The highest BCUT2D eigenvalue weighted by Gasteiger charge is 2.11. The van der Waals surface area contributed by atoms with Crippen molar-refractivity contribution >= 4 is 0 Å². The molecule has 1 aliphatic rings. The van der Waals surface area contributed by atoms with Crippen molar-refractivity contribution in [2.24, 2.45) is 0 Å². The van der Waals surface area contributed by atoms with Gasteiger partial charge < -0.3 is 5.32 Å². The quantitative estimate of drug-likeness (QED) is 0.643. The smallest absolute Gasteiger partial charge is 0.0248 e. The van der Waals surface area contributed by atoms with Gasteiger partial charge in [-0.1, -0.05) is 24.0 Å². The predicted octanol–water partition coefficient (Wildman–Crippen LogP) is 2.24. The molecule has 1 heterocycles. The average Bonchev–Trinajstić information content (AvgIpc) is 2.88. The fraction of sp³-hybridized carbons (Fsp3) is 0.500. The van der Waals surface area contributed by atoms with Crippen LogP contribution in [0.15, 0.2) is 24.3 Å². The Morgan fingerprint density at radius 1 is 1.28 bits per heavy atom. The lowest BCUT2D eigenvalue weighted by Crippen LogP contribution is -2.18. The van der Waals surface area contributed by atoms with Crippen LogP contribution in [-0.2, 0) is 6.54 Å². The van der Waals surface area contributed by atoms with E-state index >= 15 is 0 Å². The fourth-order valence-corrected chi connectivity index (χ4v) is 2.30. The van der Waals surface area contributed by atoms with Gasteiger partial charge in [0, 0.05) is 25.1 Å². The van der Waals surface area contributed by atoms with Crippen LogP contribution in [0.25, 0.3) is 0 Å². The SMILES string of the molecule is CNCCC#Cc1cccc(CN2CCCC2)c1. The van der Waals surface area contributed by atoms with Gasteiger partial charge in [0.1, 0.15) is 0 Å². The highest BCUT2D eigenvalue weighted by atomic mass is 15.1. The normalized spacial score (nSPS) is 15.4. The first-order chi connectivity index (χ1) is 8.88. The first kappa shape index (κ1) is 13.1. The Bertz CT molecular complexity index is 422. The van der Waals surface area contributed by atoms with E-state index in [-0.39, 0.29) is 0 Å². The number of rotatable bonds is 4. The molecule has 0 radical (unpaired) electrons. The van der Waals surface area contributed by atoms with Gasteiger partial charge in [0.25, 0.3) is 0 Å². The zero-order valence-electron chi connectivity index (χ0n) is 11.2. The summed E-state index contributed by atoms with van der Waals surface area (Å²) in [6.45, 7) is 4.53. The van der Waals surface area contributed by atoms with Crippen molar-refractivity contribution in [3.63, 3.8) is 0 Å². The van der Waals surface area contributed by atoms with Gasteiger partial charge in [-0.25, -0.2) is 0 Å². The summed E-state index contributed by atoms with van der Waals surface area (Å²) in [7, 11) is 1.96. The molecule has 2 nitrogen and oxygen atoms in total. The molecule has 96 valence electrons. The molecule has 0 saturated carbocycles. The van der Waals surface area contributed by atoms with E-state index in [0.29, 0.717) is 0 Å². The molecule has 1 aromatic rings. The Hall–Kier alpha value is -1.30. The zero-order chi connectivity index (χ0) is 12.6. The van der Waals surface area contributed by atoms with E-state index in [4.69, 9.17) is 0 Å². The third-order valence-electron chi connectivity index (χ3n) is 3.26. The summed E-state index contributed by atoms with van der Waals surface area (Å²) in [5, 5.41) is 3.10. The maximum absolute atomic E-state index is 3.24. The lowest BCUT2D eigenvalue weighted by atomic mass is 10.1. The van der Waals surface area contributed by atoms with Crippen LogP contribution in [0.4, 0.5) is 0 Å². The van der Waals surface area contributed by atoms with Gasteiger partial charge in [-0.05, 0) is 50.7 Å². The number of likely N-dealkylation sites (tertiary alicyclic amines) is 1. The number of nitrogens with zero attached hydrogens (tertiary/aromatic N) is 1. The Balaban J connectivity index is 1.93. The van der Waals surface area contributed by atoms with Crippen molar-refractivity contribution in [3.05, 3.63) is 35.4 Å². The first-order valence-electron chi connectivity index (χ1n) is 6.83. The highest BCUT2D eigenvalue weighted by Crippen LogP contribution is 2.13. The summed E-state index contributed by atoms with van der Waals surface area (Å²) in [5.74, 6) is 6.43. The minimum Gasteiger partial charge on any atom is -0.319 e. The Labute approximate surface area is 110 Å². The first-order valence-corrected chi connectivity index (χ1v) is 6.83. The summed E-state index contributed by atoms with van der Waals surface area (Å²) in [5.41, 5.74) is 2.53. The average molecular weight is 242 g/mol. The van der Waals surface area contributed by atoms with Gasteiger partial charge in [0.15, 0.2) is 0 Å². The molecule has 0 aromatic heterocycles. The molecule has 18 heavy (non-hydrogen) atoms. The maximum atomic E-state index is 3.24. The number of benzene rings is 1. The van der Waals surface area contributed by atoms with Crippen LogP contribution in [0.5, 0.6) is 0 Å². The third kappa shape index (κ3) is 4.18. The van der Waals surface area contributed by atoms with Crippen LogP contribution in [0.1, 0.15) is 30.4 Å². The largest absolute Gasteiger partial charge is 0.319 e. The number of nitrogens with one attached hydrogen (secondary N) is 1. The van der Waals surface area contributed by atoms with E-state index in [1.54, 1.807) is 0 Å². The summed E-state index contributed by atoms with van der Waals surface area (Å²) < 4.78 is 0. The monoisotopic (exact) mass is 242 g/mol. The van der Waals surface area contributed by atoms with Gasteiger partial charge in [0.2, 0.25) is 0 Å². The van der Waals surface area contributed by atoms with E-state index in [0.717, 1.165) is 25.1 Å². The van der Waals surface area contributed by atoms with Crippen molar-refractivity contribution in [3.8, 4) is 11.8 Å². The van der Waals surface area contributed by atoms with Gasteiger partial charge in [-0.15, -0.1) is 0 Å². The second kappa shape index (κ2) is 7.20. The Morgan fingerprint density at radius 3 is 2.89 bits per heavy atom. The molecular formula is C16H22N2. The molecule has 1 aliphatic heterocycles. The molecule has 0 amide bonds. The predicted molar refractivity (Wildman–Crippen MR) is 76.4 cm³/mol. The minimum absolute atomic E-state index is 0.910. The second-order valence-corrected chi connectivity index (χ2v) is 4.84. The molecule has 1 N–H and O–H groups in total. The maximum Gasteiger partial charge on any atom is 0.0248 e. The summed E-state index contributed by atoms with van der Waals surface area (Å²) in [6.07, 6.45) is 3.61. The van der Waals surface area contributed by atoms with Gasteiger partial charge >= 0.3 is 0 Å². The molecule has 1 fully saturated rings. The van der Waals surface area contributed by atoms with Crippen LogP contribution in [0.3, 0.4) is 0 Å². The van der Waals surface area contributed by atoms with E-state index < -0.39 is 0 Å². The van der Waals surface area contributed by atoms with Crippen molar-refractivity contribution in [2.45, 2.75) is 25.8 Å². The minimum atomic E-state index is 0.910. The van der Waals surface area contributed by atoms with Gasteiger partial charge in [-0.2, -0.15) is 0 Å². The third-order valence-corrected chi connectivity index (χ3v) is 3.26. The summed E-state index contributed by atoms with van der Waals surface area (Å²) in [6, 6.07) is 8.65. The molecule has 1 saturated heterocycles. The topological polar surface area (TPSA) is 15.3 Å². The molecule has 0 bridgehead atoms. The molecular weight excluding hydrogens is 220 g/mol.